The summed E-state index contributed by atoms with van der Waals surface area (Å²) in [6, 6.07) is 5.17. The van der Waals surface area contributed by atoms with Crippen LogP contribution in [0.25, 0.3) is 10.9 Å². The molecule has 0 bridgehead atoms. The van der Waals surface area contributed by atoms with E-state index in [0.29, 0.717) is 23.0 Å². The van der Waals surface area contributed by atoms with Gasteiger partial charge in [-0.15, -0.1) is 0 Å². The van der Waals surface area contributed by atoms with Gasteiger partial charge in [-0.1, -0.05) is 0 Å². The van der Waals surface area contributed by atoms with Crippen LogP contribution in [0, 0.1) is 0 Å². The van der Waals surface area contributed by atoms with E-state index in [1.807, 2.05) is 10.8 Å². The van der Waals surface area contributed by atoms with Gasteiger partial charge in [0, 0.05) is 31.0 Å². The van der Waals surface area contributed by atoms with Gasteiger partial charge < -0.3 is 14.5 Å². The number of hydrogen-bond donors (Lipinski definition) is 1. The van der Waals surface area contributed by atoms with Gasteiger partial charge in [0.15, 0.2) is 0 Å². The molecular weight excluding hydrogens is 306 g/mol. The molecule has 0 saturated heterocycles. The van der Waals surface area contributed by atoms with Crippen molar-refractivity contribution in [2.45, 2.75) is 26.4 Å². The molecule has 0 aliphatic rings. The number of fused-ring (bicyclic) bond motifs is 1. The van der Waals surface area contributed by atoms with Gasteiger partial charge in [0.05, 0.1) is 23.8 Å². The Bertz CT molecular complexity index is 955. The summed E-state index contributed by atoms with van der Waals surface area (Å²) in [5.74, 6) is 0.573. The number of rotatable bonds is 4. The van der Waals surface area contributed by atoms with E-state index >= 15 is 0 Å². The topological polar surface area (TPSA) is 81.8 Å². The molecule has 2 aromatic heterocycles. The summed E-state index contributed by atoms with van der Waals surface area (Å²) in [5, 5.41) is 3.35. The van der Waals surface area contributed by atoms with Crippen LogP contribution in [-0.4, -0.2) is 25.0 Å². The lowest BCUT2D eigenvalue weighted by Gasteiger charge is -2.12. The van der Waals surface area contributed by atoms with Gasteiger partial charge >= 0.3 is 0 Å². The molecular formula is C17H19N5O2. The first-order valence-electron chi connectivity index (χ1n) is 7.72. The number of nitrogens with one attached hydrogen (secondary N) is 1. The van der Waals surface area contributed by atoms with Crippen LogP contribution in [-0.2, 0) is 13.6 Å². The smallest absolute Gasteiger partial charge is 0.260 e. The Hall–Kier alpha value is -2.96. The molecule has 1 aromatic carbocycles. The Labute approximate surface area is 139 Å². The number of carbonyl (C=O) groups is 1. The second kappa shape index (κ2) is 6.27. The third-order valence-electron chi connectivity index (χ3n) is 3.89. The van der Waals surface area contributed by atoms with Gasteiger partial charge in [0.25, 0.3) is 11.5 Å². The molecule has 0 radical (unpaired) electrons. The summed E-state index contributed by atoms with van der Waals surface area (Å²) in [4.78, 5) is 32.8. The second-order valence-corrected chi connectivity index (χ2v) is 5.92. The summed E-state index contributed by atoms with van der Waals surface area (Å²) in [7, 11) is 1.65. The fourth-order valence-electron chi connectivity index (χ4n) is 2.56. The number of aryl methyl sites for hydroxylation is 1. The lowest BCUT2D eigenvalue weighted by atomic mass is 10.1. The van der Waals surface area contributed by atoms with Crippen LogP contribution in [0.15, 0.2) is 41.7 Å². The Morgan fingerprint density at radius 1 is 1.29 bits per heavy atom. The maximum atomic E-state index is 12.4. The van der Waals surface area contributed by atoms with E-state index < -0.39 is 0 Å². The van der Waals surface area contributed by atoms with E-state index in [1.165, 1.54) is 10.9 Å². The number of aromatic nitrogens is 4. The monoisotopic (exact) mass is 325 g/mol. The van der Waals surface area contributed by atoms with E-state index in [4.69, 9.17) is 0 Å². The van der Waals surface area contributed by atoms with Gasteiger partial charge in [-0.3, -0.25) is 9.59 Å². The summed E-state index contributed by atoms with van der Waals surface area (Å²) in [6.07, 6.45) is 5.06. The molecule has 0 aliphatic heterocycles. The highest BCUT2D eigenvalue weighted by atomic mass is 16.1. The van der Waals surface area contributed by atoms with Crippen LogP contribution in [0.3, 0.4) is 0 Å². The molecule has 124 valence electrons. The maximum Gasteiger partial charge on any atom is 0.260 e. The lowest BCUT2D eigenvalue weighted by Crippen LogP contribution is -2.25. The minimum Gasteiger partial charge on any atom is -0.345 e. The molecule has 3 aromatic rings. The number of carbonyl (C=O) groups excluding carboxylic acids is 1. The van der Waals surface area contributed by atoms with Gasteiger partial charge in [-0.25, -0.2) is 9.97 Å². The quantitative estimate of drug-likeness (QED) is 0.790. The molecule has 0 fully saturated rings. The summed E-state index contributed by atoms with van der Waals surface area (Å²) in [5.41, 5.74) is 0.839. The summed E-state index contributed by atoms with van der Waals surface area (Å²) in [6.45, 7) is 4.46. The van der Waals surface area contributed by atoms with Gasteiger partial charge in [-0.05, 0) is 32.0 Å². The van der Waals surface area contributed by atoms with Crippen molar-refractivity contribution in [3.8, 4) is 0 Å². The average Bonchev–Trinajstić information content (AvgIpc) is 3.04. The first-order chi connectivity index (χ1) is 11.5. The van der Waals surface area contributed by atoms with Crippen molar-refractivity contribution in [1.29, 1.82) is 0 Å². The van der Waals surface area contributed by atoms with Gasteiger partial charge in [-0.2, -0.15) is 0 Å². The van der Waals surface area contributed by atoms with Crippen LogP contribution in [0.1, 0.15) is 36.1 Å². The van der Waals surface area contributed by atoms with E-state index in [2.05, 4.69) is 29.1 Å². The molecule has 0 spiro atoms. The van der Waals surface area contributed by atoms with E-state index in [9.17, 15) is 9.59 Å². The summed E-state index contributed by atoms with van der Waals surface area (Å²) >= 11 is 0. The first-order valence-corrected chi connectivity index (χ1v) is 7.72. The minimum atomic E-state index is -0.224. The third kappa shape index (κ3) is 2.92. The molecule has 0 atom stereocenters. The van der Waals surface area contributed by atoms with Crippen molar-refractivity contribution in [1.82, 2.24) is 24.4 Å². The molecule has 0 unspecified atom stereocenters. The third-order valence-corrected chi connectivity index (χ3v) is 3.89. The standard InChI is InChI=1S/C17H19N5O2/c1-11(2)22-7-6-18-15(22)9-19-16(23)12-4-5-13-14(8-12)20-10-21(3)17(13)24/h4-8,10-11H,9H2,1-3H3,(H,19,23). The highest BCUT2D eigenvalue weighted by Gasteiger charge is 2.11. The van der Waals surface area contributed by atoms with E-state index in [-0.39, 0.29) is 17.5 Å². The van der Waals surface area contributed by atoms with Gasteiger partial charge in [0.2, 0.25) is 0 Å². The second-order valence-electron chi connectivity index (χ2n) is 5.92. The van der Waals surface area contributed by atoms with E-state index in [0.717, 1.165) is 5.82 Å². The zero-order chi connectivity index (χ0) is 17.3. The fraction of sp³-hybridized carbons (Fsp3) is 0.294. The highest BCUT2D eigenvalue weighted by Crippen LogP contribution is 2.11. The predicted molar refractivity (Wildman–Crippen MR) is 90.8 cm³/mol. The average molecular weight is 325 g/mol. The van der Waals surface area contributed by atoms with Crippen molar-refractivity contribution in [2.75, 3.05) is 0 Å². The Kier molecular flexibility index (Phi) is 4.16. The molecule has 1 N–H and O–H groups in total. The molecule has 24 heavy (non-hydrogen) atoms. The predicted octanol–water partition coefficient (Wildman–Crippen LogP) is 1.64. The van der Waals surface area contributed by atoms with Crippen molar-refractivity contribution in [3.05, 3.63) is 58.7 Å². The van der Waals surface area contributed by atoms with Crippen molar-refractivity contribution in [2.24, 2.45) is 7.05 Å². The van der Waals surface area contributed by atoms with Crippen LogP contribution < -0.4 is 10.9 Å². The molecule has 7 nitrogen and oxygen atoms in total. The normalized spacial score (nSPS) is 11.2. The van der Waals surface area contributed by atoms with Crippen LogP contribution in [0.2, 0.25) is 0 Å². The zero-order valence-corrected chi connectivity index (χ0v) is 13.9. The van der Waals surface area contributed by atoms with Crippen LogP contribution in [0.4, 0.5) is 0 Å². The number of nitrogens with zero attached hydrogens (tertiary/aromatic N) is 4. The molecule has 0 saturated carbocycles. The van der Waals surface area contributed by atoms with Crippen molar-refractivity contribution in [3.63, 3.8) is 0 Å². The Morgan fingerprint density at radius 3 is 2.83 bits per heavy atom. The molecule has 3 rings (SSSR count). The van der Waals surface area contributed by atoms with Crippen molar-refractivity contribution >= 4 is 16.8 Å². The fourth-order valence-corrected chi connectivity index (χ4v) is 2.56. The van der Waals surface area contributed by atoms with Crippen molar-refractivity contribution < 1.29 is 4.79 Å². The molecule has 2 heterocycles. The summed E-state index contributed by atoms with van der Waals surface area (Å²) < 4.78 is 3.42. The maximum absolute atomic E-state index is 12.4. The number of benzene rings is 1. The zero-order valence-electron chi connectivity index (χ0n) is 13.9. The first kappa shape index (κ1) is 15.9. The molecule has 7 heteroatoms. The minimum absolute atomic E-state index is 0.133. The van der Waals surface area contributed by atoms with E-state index in [1.54, 1.807) is 31.4 Å². The SMILES string of the molecule is CC(C)n1ccnc1CNC(=O)c1ccc2c(=O)n(C)cnc2c1. The lowest BCUT2D eigenvalue weighted by molar-refractivity contribution is 0.0949. The molecule has 0 aliphatic carbocycles. The number of amides is 1. The highest BCUT2D eigenvalue weighted by molar-refractivity contribution is 5.97. The molecule has 1 amide bonds. The number of hydrogen-bond acceptors (Lipinski definition) is 4. The van der Waals surface area contributed by atoms with Crippen LogP contribution >= 0.6 is 0 Å². The van der Waals surface area contributed by atoms with Gasteiger partial charge in [0.1, 0.15) is 5.82 Å². The number of imidazole rings is 1. The van der Waals surface area contributed by atoms with Crippen LogP contribution in [0.5, 0.6) is 0 Å². The Morgan fingerprint density at radius 2 is 2.08 bits per heavy atom. The Balaban J connectivity index is 1.80. The largest absolute Gasteiger partial charge is 0.345 e.